The van der Waals surface area contributed by atoms with Crippen molar-refractivity contribution in [2.45, 2.75) is 0 Å². The molecule has 1 aromatic rings. The van der Waals surface area contributed by atoms with Crippen LogP contribution in [-0.2, 0) is 0 Å². The minimum Gasteiger partial charge on any atom is -0.396 e. The Morgan fingerprint density at radius 3 is 3.00 bits per heavy atom. The zero-order chi connectivity index (χ0) is 8.10. The Balaban J connectivity index is 2.96. The lowest BCUT2D eigenvalue weighted by atomic mass is 10.3. The third kappa shape index (κ3) is 1.80. The standard InChI is InChI=1S/C8H7N3/c9-5-4-7(10)8-3-1-2-6-11-8/h1-4,6H,10H2/b7-4-. The summed E-state index contributed by atoms with van der Waals surface area (Å²) in [5.74, 6) is 0. The van der Waals surface area contributed by atoms with Gasteiger partial charge in [0, 0.05) is 12.3 Å². The van der Waals surface area contributed by atoms with Crippen molar-refractivity contribution >= 4 is 5.70 Å². The Morgan fingerprint density at radius 1 is 1.64 bits per heavy atom. The zero-order valence-electron chi connectivity index (χ0n) is 5.86. The molecule has 2 N–H and O–H groups in total. The van der Waals surface area contributed by atoms with Gasteiger partial charge in [-0.15, -0.1) is 0 Å². The molecule has 54 valence electrons. The Labute approximate surface area is 64.8 Å². The second-order valence-corrected chi connectivity index (χ2v) is 1.94. The van der Waals surface area contributed by atoms with Gasteiger partial charge in [0.2, 0.25) is 0 Å². The highest BCUT2D eigenvalue weighted by Crippen LogP contribution is 2.02. The van der Waals surface area contributed by atoms with Crippen LogP contribution >= 0.6 is 0 Å². The number of allylic oxidation sites excluding steroid dienone is 1. The second kappa shape index (κ2) is 3.37. The molecule has 1 heterocycles. The van der Waals surface area contributed by atoms with Crippen LogP contribution in [0, 0.1) is 11.3 Å². The lowest BCUT2D eigenvalue weighted by Gasteiger charge is -1.95. The fourth-order valence-electron chi connectivity index (χ4n) is 0.677. The van der Waals surface area contributed by atoms with E-state index in [9.17, 15) is 0 Å². The summed E-state index contributed by atoms with van der Waals surface area (Å²) >= 11 is 0. The summed E-state index contributed by atoms with van der Waals surface area (Å²) in [5, 5.41) is 8.26. The lowest BCUT2D eigenvalue weighted by Crippen LogP contribution is -1.97. The summed E-state index contributed by atoms with van der Waals surface area (Å²) in [7, 11) is 0. The van der Waals surface area contributed by atoms with Crippen LogP contribution in [-0.4, -0.2) is 4.98 Å². The molecule has 0 aliphatic heterocycles. The molecule has 0 bridgehead atoms. The van der Waals surface area contributed by atoms with Gasteiger partial charge in [-0.25, -0.2) is 0 Å². The SMILES string of the molecule is N#C/C=C(\N)c1ccccn1. The fourth-order valence-corrected chi connectivity index (χ4v) is 0.677. The van der Waals surface area contributed by atoms with Crippen molar-refractivity contribution < 1.29 is 0 Å². The highest BCUT2D eigenvalue weighted by molar-refractivity contribution is 5.61. The maximum absolute atomic E-state index is 8.26. The average molecular weight is 145 g/mol. The van der Waals surface area contributed by atoms with Gasteiger partial charge in [0.15, 0.2) is 0 Å². The van der Waals surface area contributed by atoms with E-state index in [1.807, 2.05) is 12.1 Å². The van der Waals surface area contributed by atoms with Crippen molar-refractivity contribution in [2.24, 2.45) is 5.73 Å². The number of nitrogens with zero attached hydrogens (tertiary/aromatic N) is 2. The first-order valence-electron chi connectivity index (χ1n) is 3.11. The van der Waals surface area contributed by atoms with E-state index in [0.717, 1.165) is 0 Å². The number of hydrogen-bond acceptors (Lipinski definition) is 3. The summed E-state index contributed by atoms with van der Waals surface area (Å²) in [6.07, 6.45) is 2.90. The van der Waals surface area contributed by atoms with Gasteiger partial charge in [0.25, 0.3) is 0 Å². The molecule has 0 fully saturated rings. The molecule has 0 saturated carbocycles. The van der Waals surface area contributed by atoms with Crippen molar-refractivity contribution in [3.05, 3.63) is 36.2 Å². The van der Waals surface area contributed by atoms with E-state index in [-0.39, 0.29) is 0 Å². The minimum absolute atomic E-state index is 0.396. The quantitative estimate of drug-likeness (QED) is 0.597. The molecule has 1 aromatic heterocycles. The smallest absolute Gasteiger partial charge is 0.0934 e. The van der Waals surface area contributed by atoms with Crippen LogP contribution in [0.2, 0.25) is 0 Å². The predicted octanol–water partition coefficient (Wildman–Crippen LogP) is 0.905. The first-order chi connectivity index (χ1) is 5.34. The van der Waals surface area contributed by atoms with E-state index in [2.05, 4.69) is 4.98 Å². The molecule has 3 heteroatoms. The first-order valence-corrected chi connectivity index (χ1v) is 3.11. The van der Waals surface area contributed by atoms with Gasteiger partial charge in [-0.05, 0) is 12.1 Å². The van der Waals surface area contributed by atoms with Gasteiger partial charge in [0.05, 0.1) is 17.5 Å². The summed E-state index contributed by atoms with van der Waals surface area (Å²) in [4.78, 5) is 3.95. The van der Waals surface area contributed by atoms with Crippen molar-refractivity contribution in [1.82, 2.24) is 4.98 Å². The van der Waals surface area contributed by atoms with Crippen LogP contribution < -0.4 is 5.73 Å². The summed E-state index contributed by atoms with van der Waals surface area (Å²) in [6.45, 7) is 0. The number of nitrogens with two attached hydrogens (primary N) is 1. The molecule has 0 aromatic carbocycles. The molecule has 0 unspecified atom stereocenters. The monoisotopic (exact) mass is 145 g/mol. The van der Waals surface area contributed by atoms with Crippen LogP contribution in [0.3, 0.4) is 0 Å². The Kier molecular flexibility index (Phi) is 2.24. The van der Waals surface area contributed by atoms with Gasteiger partial charge in [0.1, 0.15) is 0 Å². The highest BCUT2D eigenvalue weighted by atomic mass is 14.7. The molecule has 1 rings (SSSR count). The Morgan fingerprint density at radius 2 is 2.45 bits per heavy atom. The molecule has 0 spiro atoms. The number of rotatable bonds is 1. The second-order valence-electron chi connectivity index (χ2n) is 1.94. The van der Waals surface area contributed by atoms with Gasteiger partial charge < -0.3 is 5.73 Å². The van der Waals surface area contributed by atoms with Crippen LogP contribution in [0.1, 0.15) is 5.69 Å². The number of aromatic nitrogens is 1. The van der Waals surface area contributed by atoms with Gasteiger partial charge in [-0.3, -0.25) is 4.98 Å². The largest absolute Gasteiger partial charge is 0.396 e. The molecule has 0 aliphatic carbocycles. The molecule has 0 amide bonds. The molecule has 3 nitrogen and oxygen atoms in total. The van der Waals surface area contributed by atoms with Gasteiger partial charge in [-0.1, -0.05) is 6.07 Å². The fraction of sp³-hybridized carbons (Fsp3) is 0. The van der Waals surface area contributed by atoms with E-state index >= 15 is 0 Å². The molecular weight excluding hydrogens is 138 g/mol. The molecule has 0 atom stereocenters. The number of pyridine rings is 1. The summed E-state index contributed by atoms with van der Waals surface area (Å²) in [6, 6.07) is 7.21. The van der Waals surface area contributed by atoms with Crippen molar-refractivity contribution in [3.8, 4) is 6.07 Å². The minimum atomic E-state index is 0.396. The normalized spacial score (nSPS) is 10.6. The number of hydrogen-bond donors (Lipinski definition) is 1. The Bertz CT molecular complexity index is 295. The molecular formula is C8H7N3. The molecule has 11 heavy (non-hydrogen) atoms. The average Bonchev–Trinajstić information content (AvgIpc) is 2.07. The van der Waals surface area contributed by atoms with E-state index < -0.39 is 0 Å². The highest BCUT2D eigenvalue weighted by Gasteiger charge is 1.93. The maximum atomic E-state index is 8.26. The lowest BCUT2D eigenvalue weighted by molar-refractivity contribution is 1.26. The van der Waals surface area contributed by atoms with Crippen LogP contribution in [0.15, 0.2) is 30.5 Å². The first kappa shape index (κ1) is 7.29. The van der Waals surface area contributed by atoms with Gasteiger partial charge in [-0.2, -0.15) is 5.26 Å². The van der Waals surface area contributed by atoms with Gasteiger partial charge >= 0.3 is 0 Å². The summed E-state index contributed by atoms with van der Waals surface area (Å²) < 4.78 is 0. The predicted molar refractivity (Wildman–Crippen MR) is 42.0 cm³/mol. The van der Waals surface area contributed by atoms with Crippen LogP contribution in [0.25, 0.3) is 5.70 Å². The van der Waals surface area contributed by atoms with Crippen molar-refractivity contribution in [1.29, 1.82) is 5.26 Å². The maximum Gasteiger partial charge on any atom is 0.0934 e. The third-order valence-corrected chi connectivity index (χ3v) is 1.18. The van der Waals surface area contributed by atoms with E-state index in [4.69, 9.17) is 11.0 Å². The summed E-state index contributed by atoms with van der Waals surface area (Å²) in [5.41, 5.74) is 6.51. The number of nitriles is 1. The van der Waals surface area contributed by atoms with E-state index in [0.29, 0.717) is 11.4 Å². The van der Waals surface area contributed by atoms with Crippen molar-refractivity contribution in [2.75, 3.05) is 0 Å². The van der Waals surface area contributed by atoms with Crippen LogP contribution in [0.5, 0.6) is 0 Å². The van der Waals surface area contributed by atoms with Crippen molar-refractivity contribution in [3.63, 3.8) is 0 Å². The van der Waals surface area contributed by atoms with E-state index in [1.54, 1.807) is 18.3 Å². The third-order valence-electron chi connectivity index (χ3n) is 1.18. The molecule has 0 saturated heterocycles. The topological polar surface area (TPSA) is 62.7 Å². The van der Waals surface area contributed by atoms with E-state index in [1.165, 1.54) is 6.08 Å². The zero-order valence-corrected chi connectivity index (χ0v) is 5.86. The molecule has 0 aliphatic rings. The Hall–Kier alpha value is -1.82. The molecule has 0 radical (unpaired) electrons. The van der Waals surface area contributed by atoms with Crippen LogP contribution in [0.4, 0.5) is 0 Å².